The molecule has 7 heteroatoms. The molecule has 0 spiro atoms. The van der Waals surface area contributed by atoms with Gasteiger partial charge in [-0.15, -0.1) is 0 Å². The molecular weight excluding hydrogens is 274 g/mol. The molecule has 1 saturated heterocycles. The third kappa shape index (κ3) is 3.13. The van der Waals surface area contributed by atoms with Gasteiger partial charge in [-0.05, 0) is 19.9 Å². The zero-order chi connectivity index (χ0) is 15.6. The molecule has 0 aromatic heterocycles. The summed E-state index contributed by atoms with van der Waals surface area (Å²) in [6.45, 7) is 6.84. The van der Waals surface area contributed by atoms with Gasteiger partial charge in [0.25, 0.3) is 5.91 Å². The topological polar surface area (TPSA) is 86.9 Å². The maximum Gasteiger partial charge on any atom is 0.311 e. The second-order valence-corrected chi connectivity index (χ2v) is 5.35. The largest absolute Gasteiger partial charge is 0.502 e. The summed E-state index contributed by atoms with van der Waals surface area (Å²) in [5, 5.41) is 20.7. The summed E-state index contributed by atoms with van der Waals surface area (Å²) in [6.07, 6.45) is 0. The van der Waals surface area contributed by atoms with E-state index in [0.29, 0.717) is 19.1 Å². The quantitative estimate of drug-likeness (QED) is 0.673. The molecule has 1 fully saturated rings. The van der Waals surface area contributed by atoms with Crippen molar-refractivity contribution < 1.29 is 14.8 Å². The van der Waals surface area contributed by atoms with E-state index in [9.17, 15) is 20.0 Å². The molecule has 1 aromatic carbocycles. The summed E-state index contributed by atoms with van der Waals surface area (Å²) in [5.74, 6) is -0.918. The van der Waals surface area contributed by atoms with E-state index in [1.165, 1.54) is 18.2 Å². The van der Waals surface area contributed by atoms with Crippen LogP contribution in [-0.2, 0) is 0 Å². The number of nitrogens with zero attached hydrogens (tertiary/aromatic N) is 3. The molecule has 0 aliphatic carbocycles. The number of para-hydroxylation sites is 1. The molecule has 1 heterocycles. The summed E-state index contributed by atoms with van der Waals surface area (Å²) < 4.78 is 0. The number of hydrogen-bond acceptors (Lipinski definition) is 5. The SMILES string of the molecule is CC(C)N1CCN(C(=O)c2cccc([N+](=O)[O-])c2O)CC1. The van der Waals surface area contributed by atoms with Crippen molar-refractivity contribution in [1.82, 2.24) is 9.80 Å². The number of carbonyl (C=O) groups excluding carboxylic acids is 1. The van der Waals surface area contributed by atoms with E-state index >= 15 is 0 Å². The third-order valence-electron chi connectivity index (χ3n) is 3.77. The van der Waals surface area contributed by atoms with E-state index in [1.54, 1.807) is 4.90 Å². The van der Waals surface area contributed by atoms with Crippen LogP contribution in [0.5, 0.6) is 5.75 Å². The first kappa shape index (κ1) is 15.2. The van der Waals surface area contributed by atoms with Gasteiger partial charge in [-0.2, -0.15) is 0 Å². The fourth-order valence-electron chi connectivity index (χ4n) is 2.46. The van der Waals surface area contributed by atoms with Gasteiger partial charge in [0.05, 0.1) is 10.5 Å². The summed E-state index contributed by atoms with van der Waals surface area (Å²) in [6, 6.07) is 4.44. The standard InChI is InChI=1S/C14H19N3O4/c1-10(2)15-6-8-16(9-7-15)14(19)11-4-3-5-12(13(11)18)17(20)21/h3-5,10,18H,6-9H2,1-2H3. The molecule has 2 rings (SSSR count). The Morgan fingerprint density at radius 1 is 1.29 bits per heavy atom. The molecule has 1 amide bonds. The van der Waals surface area contributed by atoms with Gasteiger partial charge in [-0.3, -0.25) is 19.8 Å². The Morgan fingerprint density at radius 2 is 1.90 bits per heavy atom. The smallest absolute Gasteiger partial charge is 0.311 e. The summed E-state index contributed by atoms with van der Waals surface area (Å²) in [4.78, 5) is 26.4. The predicted octanol–water partition coefficient (Wildman–Crippen LogP) is 1.47. The number of hydrogen-bond donors (Lipinski definition) is 1. The lowest BCUT2D eigenvalue weighted by Gasteiger charge is -2.36. The zero-order valence-corrected chi connectivity index (χ0v) is 12.2. The number of piperazine rings is 1. The summed E-state index contributed by atoms with van der Waals surface area (Å²) in [7, 11) is 0. The van der Waals surface area contributed by atoms with E-state index in [1.807, 2.05) is 0 Å². The third-order valence-corrected chi connectivity index (χ3v) is 3.77. The maximum absolute atomic E-state index is 12.4. The van der Waals surface area contributed by atoms with Crippen LogP contribution < -0.4 is 0 Å². The van der Waals surface area contributed by atoms with E-state index in [-0.39, 0.29) is 11.5 Å². The zero-order valence-electron chi connectivity index (χ0n) is 12.2. The van der Waals surface area contributed by atoms with E-state index < -0.39 is 16.4 Å². The van der Waals surface area contributed by atoms with E-state index in [4.69, 9.17) is 0 Å². The van der Waals surface area contributed by atoms with Crippen molar-refractivity contribution in [3.63, 3.8) is 0 Å². The number of phenolic OH excluding ortho intramolecular Hbond substituents is 1. The first-order valence-electron chi connectivity index (χ1n) is 6.91. The van der Waals surface area contributed by atoms with Gasteiger partial charge in [-0.25, -0.2) is 0 Å². The number of phenols is 1. The van der Waals surface area contributed by atoms with Crippen LogP contribution in [0.2, 0.25) is 0 Å². The van der Waals surface area contributed by atoms with Crippen LogP contribution in [0.4, 0.5) is 5.69 Å². The monoisotopic (exact) mass is 293 g/mol. The van der Waals surface area contributed by atoms with Gasteiger partial charge < -0.3 is 10.0 Å². The Morgan fingerprint density at radius 3 is 2.43 bits per heavy atom. The molecule has 0 radical (unpaired) electrons. The first-order valence-corrected chi connectivity index (χ1v) is 6.91. The van der Waals surface area contributed by atoms with Gasteiger partial charge in [0.15, 0.2) is 0 Å². The number of nitro groups is 1. The molecule has 0 bridgehead atoms. The van der Waals surface area contributed by atoms with Crippen molar-refractivity contribution in [2.24, 2.45) is 0 Å². The van der Waals surface area contributed by atoms with Gasteiger partial charge in [0.1, 0.15) is 0 Å². The fraction of sp³-hybridized carbons (Fsp3) is 0.500. The number of amides is 1. The van der Waals surface area contributed by atoms with E-state index in [2.05, 4.69) is 18.7 Å². The number of aromatic hydroxyl groups is 1. The van der Waals surface area contributed by atoms with Crippen LogP contribution in [0.25, 0.3) is 0 Å². The number of rotatable bonds is 3. The molecule has 0 saturated carbocycles. The lowest BCUT2D eigenvalue weighted by atomic mass is 10.1. The van der Waals surface area contributed by atoms with E-state index in [0.717, 1.165) is 13.1 Å². The minimum absolute atomic E-state index is 0.0119. The average molecular weight is 293 g/mol. The Balaban J connectivity index is 2.15. The van der Waals surface area contributed by atoms with Crippen LogP contribution in [-0.4, -0.2) is 58.0 Å². The molecule has 1 aromatic rings. The Kier molecular flexibility index (Phi) is 4.42. The highest BCUT2D eigenvalue weighted by atomic mass is 16.6. The summed E-state index contributed by atoms with van der Waals surface area (Å²) in [5.41, 5.74) is -0.455. The Bertz CT molecular complexity index is 551. The molecule has 7 nitrogen and oxygen atoms in total. The number of carbonyl (C=O) groups is 1. The molecule has 0 atom stereocenters. The van der Waals surface area contributed by atoms with Crippen molar-refractivity contribution in [2.45, 2.75) is 19.9 Å². The molecule has 114 valence electrons. The minimum atomic E-state index is -0.692. The summed E-state index contributed by atoms with van der Waals surface area (Å²) >= 11 is 0. The van der Waals surface area contributed by atoms with Crippen molar-refractivity contribution in [2.75, 3.05) is 26.2 Å². The maximum atomic E-state index is 12.4. The second kappa shape index (κ2) is 6.09. The number of nitro benzene ring substituents is 1. The molecule has 1 aliphatic heterocycles. The molecule has 0 unspecified atom stereocenters. The molecule has 1 aliphatic rings. The van der Waals surface area contributed by atoms with Crippen LogP contribution in [0.3, 0.4) is 0 Å². The van der Waals surface area contributed by atoms with Gasteiger partial charge in [0, 0.05) is 38.3 Å². The highest BCUT2D eigenvalue weighted by Crippen LogP contribution is 2.30. The highest BCUT2D eigenvalue weighted by molar-refractivity contribution is 5.98. The lowest BCUT2D eigenvalue weighted by Crippen LogP contribution is -2.50. The van der Waals surface area contributed by atoms with Gasteiger partial charge in [0.2, 0.25) is 5.75 Å². The normalized spacial score (nSPS) is 16.2. The first-order chi connectivity index (χ1) is 9.91. The van der Waals surface area contributed by atoms with Crippen LogP contribution in [0, 0.1) is 10.1 Å². The fourth-order valence-corrected chi connectivity index (χ4v) is 2.46. The van der Waals surface area contributed by atoms with Crippen molar-refractivity contribution in [3.8, 4) is 5.75 Å². The Hall–Kier alpha value is -2.15. The van der Waals surface area contributed by atoms with Crippen LogP contribution in [0.1, 0.15) is 24.2 Å². The average Bonchev–Trinajstić information content (AvgIpc) is 2.46. The van der Waals surface area contributed by atoms with Crippen molar-refractivity contribution in [3.05, 3.63) is 33.9 Å². The molecule has 21 heavy (non-hydrogen) atoms. The minimum Gasteiger partial charge on any atom is -0.502 e. The highest BCUT2D eigenvalue weighted by Gasteiger charge is 2.27. The second-order valence-electron chi connectivity index (χ2n) is 5.35. The predicted molar refractivity (Wildman–Crippen MR) is 77.4 cm³/mol. The van der Waals surface area contributed by atoms with Crippen LogP contribution in [0.15, 0.2) is 18.2 Å². The van der Waals surface area contributed by atoms with Crippen molar-refractivity contribution in [1.29, 1.82) is 0 Å². The molecule has 1 N–H and O–H groups in total. The number of benzene rings is 1. The lowest BCUT2D eigenvalue weighted by molar-refractivity contribution is -0.385. The van der Waals surface area contributed by atoms with Gasteiger partial charge in [-0.1, -0.05) is 6.07 Å². The Labute approximate surface area is 122 Å². The molecular formula is C14H19N3O4. The van der Waals surface area contributed by atoms with Crippen molar-refractivity contribution >= 4 is 11.6 Å². The van der Waals surface area contributed by atoms with Gasteiger partial charge >= 0.3 is 5.69 Å². The van der Waals surface area contributed by atoms with Crippen LogP contribution >= 0.6 is 0 Å².